The highest BCUT2D eigenvalue weighted by Gasteiger charge is 2.25. The molecule has 0 radical (unpaired) electrons. The van der Waals surface area contributed by atoms with Crippen LogP contribution in [0.15, 0.2) is 23.5 Å². The number of hydrogen-bond acceptors (Lipinski definition) is 6. The van der Waals surface area contributed by atoms with E-state index in [0.717, 1.165) is 21.4 Å². The molecule has 0 atom stereocenters. The molecule has 0 amide bonds. The number of nitrogens with zero attached hydrogens (tertiary/aromatic N) is 2. The van der Waals surface area contributed by atoms with Gasteiger partial charge in [-0.25, -0.2) is 9.48 Å². The van der Waals surface area contributed by atoms with Crippen molar-refractivity contribution in [1.29, 1.82) is 0 Å². The molecule has 0 spiro atoms. The van der Waals surface area contributed by atoms with E-state index in [4.69, 9.17) is 9.47 Å². The molecule has 2 rings (SSSR count). The van der Waals surface area contributed by atoms with Crippen LogP contribution in [0.3, 0.4) is 0 Å². The quantitative estimate of drug-likeness (QED) is 0.794. The van der Waals surface area contributed by atoms with Gasteiger partial charge >= 0.3 is 6.16 Å². The van der Waals surface area contributed by atoms with Gasteiger partial charge in [0, 0.05) is 12.6 Å². The zero-order valence-electron chi connectivity index (χ0n) is 14.9. The Morgan fingerprint density at radius 1 is 1.24 bits per heavy atom. The van der Waals surface area contributed by atoms with Crippen molar-refractivity contribution >= 4 is 12.2 Å². The van der Waals surface area contributed by atoms with E-state index in [1.165, 1.54) is 21.3 Å². The largest absolute Gasteiger partial charge is 0.513 e. The first-order valence-corrected chi connectivity index (χ1v) is 7.49. The first-order valence-electron chi connectivity index (χ1n) is 7.49. The molecule has 2 aromatic rings. The number of aromatic nitrogens is 2. The first kappa shape index (κ1) is 18.3. The highest BCUT2D eigenvalue weighted by molar-refractivity contribution is 5.84. The van der Waals surface area contributed by atoms with Gasteiger partial charge in [-0.15, -0.1) is 5.10 Å². The molecule has 7 nitrogen and oxygen atoms in total. The lowest BCUT2D eigenvalue weighted by Crippen LogP contribution is -2.25. The van der Waals surface area contributed by atoms with Crippen LogP contribution < -0.4 is 15.0 Å². The fourth-order valence-electron chi connectivity index (χ4n) is 2.67. The Morgan fingerprint density at radius 3 is 2.48 bits per heavy atom. The molecule has 0 aliphatic heterocycles. The van der Waals surface area contributed by atoms with E-state index in [-0.39, 0.29) is 17.2 Å². The maximum absolute atomic E-state index is 12.8. The van der Waals surface area contributed by atoms with Crippen molar-refractivity contribution in [3.8, 4) is 22.8 Å². The highest BCUT2D eigenvalue weighted by atomic mass is 16.7. The van der Waals surface area contributed by atoms with Gasteiger partial charge in [-0.3, -0.25) is 4.79 Å². The summed E-state index contributed by atoms with van der Waals surface area (Å²) in [4.78, 5) is 24.5. The Balaban J connectivity index is 2.94. The minimum Gasteiger partial charge on any atom is -0.477 e. The normalized spacial score (nSPS) is 10.3. The maximum atomic E-state index is 12.8. The lowest BCUT2D eigenvalue weighted by atomic mass is 9.93. The number of rotatable bonds is 4. The highest BCUT2D eigenvalue weighted by Crippen LogP contribution is 2.38. The molecular weight excluding hydrogens is 324 g/mol. The number of benzene rings is 1. The van der Waals surface area contributed by atoms with Crippen LogP contribution in [0.25, 0.3) is 17.2 Å². The molecule has 1 aromatic heterocycles. The van der Waals surface area contributed by atoms with Crippen molar-refractivity contribution in [2.45, 2.75) is 13.8 Å². The van der Waals surface area contributed by atoms with E-state index in [9.17, 15) is 9.59 Å². The van der Waals surface area contributed by atoms with Crippen LogP contribution in [-0.2, 0) is 11.8 Å². The summed E-state index contributed by atoms with van der Waals surface area (Å²) in [6.45, 7) is 7.62. The summed E-state index contributed by atoms with van der Waals surface area (Å²) in [5.74, 6) is -0.0926. The summed E-state index contributed by atoms with van der Waals surface area (Å²) in [6.07, 6.45) is 0.670. The van der Waals surface area contributed by atoms with E-state index >= 15 is 0 Å². The molecule has 7 heteroatoms. The number of methoxy groups -OCH3 is 2. The summed E-state index contributed by atoms with van der Waals surface area (Å²) in [6, 6.07) is 3.82. The fourth-order valence-corrected chi connectivity index (χ4v) is 2.67. The number of hydrogen-bond donors (Lipinski definition) is 0. The molecule has 0 unspecified atom stereocenters. The third kappa shape index (κ3) is 3.40. The minimum atomic E-state index is -0.973. The zero-order valence-corrected chi connectivity index (χ0v) is 14.9. The van der Waals surface area contributed by atoms with Gasteiger partial charge < -0.3 is 14.2 Å². The van der Waals surface area contributed by atoms with Gasteiger partial charge in [-0.1, -0.05) is 30.4 Å². The van der Waals surface area contributed by atoms with Gasteiger partial charge in [0.25, 0.3) is 11.4 Å². The van der Waals surface area contributed by atoms with Gasteiger partial charge in [0.05, 0.1) is 19.8 Å². The molecular formula is C18H20N2O5. The molecule has 0 aliphatic rings. The molecule has 0 saturated heterocycles. The number of carbonyl (C=O) groups is 1. The van der Waals surface area contributed by atoms with E-state index in [1.807, 2.05) is 26.0 Å². The fraction of sp³-hybridized carbons (Fsp3) is 0.278. The van der Waals surface area contributed by atoms with Gasteiger partial charge in [-0.2, -0.15) is 0 Å². The van der Waals surface area contributed by atoms with Crippen LogP contribution in [0, 0.1) is 13.8 Å². The third-order valence-electron chi connectivity index (χ3n) is 3.70. The smallest absolute Gasteiger partial charge is 0.477 e. The van der Waals surface area contributed by atoms with Crippen molar-refractivity contribution in [2.24, 2.45) is 7.05 Å². The van der Waals surface area contributed by atoms with Gasteiger partial charge in [0.2, 0.25) is 5.75 Å². The van der Waals surface area contributed by atoms with E-state index < -0.39 is 11.7 Å². The molecule has 0 fully saturated rings. The predicted octanol–water partition coefficient (Wildman–Crippen LogP) is 2.86. The Morgan fingerprint density at radius 2 is 1.92 bits per heavy atom. The number of ether oxygens (including phenoxy) is 3. The summed E-state index contributed by atoms with van der Waals surface area (Å²) in [7, 11) is 4.04. The lowest BCUT2D eigenvalue weighted by Gasteiger charge is -2.17. The second-order valence-electron chi connectivity index (χ2n) is 5.45. The molecule has 1 aromatic carbocycles. The summed E-state index contributed by atoms with van der Waals surface area (Å²) in [5.41, 5.74) is 2.90. The predicted molar refractivity (Wildman–Crippen MR) is 94.1 cm³/mol. The van der Waals surface area contributed by atoms with Crippen molar-refractivity contribution in [2.75, 3.05) is 14.2 Å². The van der Waals surface area contributed by atoms with Crippen molar-refractivity contribution < 1.29 is 19.0 Å². The second-order valence-corrected chi connectivity index (χ2v) is 5.45. The van der Waals surface area contributed by atoms with E-state index in [0.29, 0.717) is 5.56 Å². The topological polar surface area (TPSA) is 79.7 Å². The average molecular weight is 344 g/mol. The zero-order chi connectivity index (χ0) is 18.7. The van der Waals surface area contributed by atoms with Gasteiger partial charge in [0.15, 0.2) is 0 Å². The van der Waals surface area contributed by atoms with Gasteiger partial charge in [-0.05, 0) is 25.0 Å². The van der Waals surface area contributed by atoms with Gasteiger partial charge in [0.1, 0.15) is 0 Å². The van der Waals surface area contributed by atoms with E-state index in [1.54, 1.807) is 6.08 Å². The molecule has 0 bridgehead atoms. The average Bonchev–Trinajstić information content (AvgIpc) is 2.58. The molecule has 1 heterocycles. The lowest BCUT2D eigenvalue weighted by molar-refractivity contribution is 0.119. The molecule has 0 N–H and O–H groups in total. The van der Waals surface area contributed by atoms with Crippen LogP contribution in [0.5, 0.6) is 11.6 Å². The number of carbonyl (C=O) groups excluding carboxylic acids is 1. The van der Waals surface area contributed by atoms with Crippen LogP contribution >= 0.6 is 0 Å². The Bertz CT molecular complexity index is 899. The Hall–Kier alpha value is -3.09. The summed E-state index contributed by atoms with van der Waals surface area (Å²) < 4.78 is 16.1. The van der Waals surface area contributed by atoms with Crippen LogP contribution in [0.2, 0.25) is 0 Å². The molecule has 25 heavy (non-hydrogen) atoms. The van der Waals surface area contributed by atoms with Crippen molar-refractivity contribution in [3.05, 3.63) is 45.8 Å². The standard InChI is InChI=1S/C18H20N2O5/c1-7-12-9-10(2)8-11(3)13(12)14-15(25-18(22)24-6)16(23-5)19-20(4)17(14)21/h7-9H,1H2,2-6H3. The van der Waals surface area contributed by atoms with Crippen LogP contribution in [-0.4, -0.2) is 30.2 Å². The first-order chi connectivity index (χ1) is 11.8. The molecule has 132 valence electrons. The maximum Gasteiger partial charge on any atom is 0.513 e. The Kier molecular flexibility index (Phi) is 5.26. The third-order valence-corrected chi connectivity index (χ3v) is 3.70. The molecule has 0 aliphatic carbocycles. The summed E-state index contributed by atoms with van der Waals surface area (Å²) in [5, 5.41) is 3.99. The summed E-state index contributed by atoms with van der Waals surface area (Å²) >= 11 is 0. The van der Waals surface area contributed by atoms with Crippen molar-refractivity contribution in [3.63, 3.8) is 0 Å². The molecule has 0 saturated carbocycles. The second kappa shape index (κ2) is 7.21. The van der Waals surface area contributed by atoms with Crippen LogP contribution in [0.1, 0.15) is 16.7 Å². The van der Waals surface area contributed by atoms with E-state index in [2.05, 4.69) is 16.4 Å². The van der Waals surface area contributed by atoms with Crippen molar-refractivity contribution in [1.82, 2.24) is 9.78 Å². The number of aryl methyl sites for hydroxylation is 3. The Labute approximate surface area is 145 Å². The SMILES string of the molecule is C=Cc1cc(C)cc(C)c1-c1c(OC(=O)OC)c(OC)nn(C)c1=O. The monoisotopic (exact) mass is 344 g/mol. The van der Waals surface area contributed by atoms with Crippen LogP contribution in [0.4, 0.5) is 4.79 Å². The minimum absolute atomic E-state index is 0.00233.